The van der Waals surface area contributed by atoms with E-state index in [4.69, 9.17) is 4.74 Å². The summed E-state index contributed by atoms with van der Waals surface area (Å²) in [5.41, 5.74) is 3.83. The number of carboxylic acid groups (broad SMARTS) is 1. The number of ether oxygens (including phenoxy) is 1. The summed E-state index contributed by atoms with van der Waals surface area (Å²) >= 11 is 0. The van der Waals surface area contributed by atoms with Crippen molar-refractivity contribution >= 4 is 18.0 Å². The third kappa shape index (κ3) is 4.58. The van der Waals surface area contributed by atoms with Gasteiger partial charge in [0.05, 0.1) is 5.41 Å². The van der Waals surface area contributed by atoms with Crippen LogP contribution in [0.15, 0.2) is 48.5 Å². The Morgan fingerprint density at radius 2 is 1.61 bits per heavy atom. The summed E-state index contributed by atoms with van der Waals surface area (Å²) in [4.78, 5) is 38.2. The van der Waals surface area contributed by atoms with Crippen LogP contribution in [0.1, 0.15) is 49.7 Å². The molecule has 1 saturated heterocycles. The Hall–Kier alpha value is -3.35. The number of nitrogens with zero attached hydrogens (tertiary/aromatic N) is 1. The van der Waals surface area contributed by atoms with E-state index in [-0.39, 0.29) is 25.0 Å². The molecule has 1 aliphatic carbocycles. The molecule has 7 heteroatoms. The van der Waals surface area contributed by atoms with Crippen LogP contribution in [0, 0.1) is 5.41 Å². The van der Waals surface area contributed by atoms with Gasteiger partial charge in [-0.15, -0.1) is 0 Å². The first kappa shape index (κ1) is 22.8. The van der Waals surface area contributed by atoms with Gasteiger partial charge < -0.3 is 20.1 Å². The summed E-state index contributed by atoms with van der Waals surface area (Å²) in [6.45, 7) is 2.77. The first-order valence-electron chi connectivity index (χ1n) is 11.6. The molecule has 2 aromatic carbocycles. The van der Waals surface area contributed by atoms with E-state index < -0.39 is 17.5 Å². The Morgan fingerprint density at radius 3 is 2.15 bits per heavy atom. The number of amides is 2. The number of piperidine rings is 1. The zero-order valence-electron chi connectivity index (χ0n) is 18.9. The van der Waals surface area contributed by atoms with E-state index >= 15 is 0 Å². The summed E-state index contributed by atoms with van der Waals surface area (Å²) in [6.07, 6.45) is 1.65. The Bertz CT molecular complexity index is 997. The van der Waals surface area contributed by atoms with Gasteiger partial charge in [0.25, 0.3) is 0 Å². The fourth-order valence-electron chi connectivity index (χ4n) is 5.14. The second kappa shape index (κ2) is 9.65. The first-order chi connectivity index (χ1) is 15.9. The number of carbonyl (C=O) groups excluding carboxylic acids is 2. The lowest BCUT2D eigenvalue weighted by Gasteiger charge is -2.38. The summed E-state index contributed by atoms with van der Waals surface area (Å²) in [5.74, 6) is -1.05. The maximum absolute atomic E-state index is 12.5. The van der Waals surface area contributed by atoms with Crippen LogP contribution in [-0.4, -0.2) is 54.2 Å². The fourth-order valence-corrected chi connectivity index (χ4v) is 5.14. The number of hydrogen-bond donors (Lipinski definition) is 2. The van der Waals surface area contributed by atoms with Crippen molar-refractivity contribution in [3.63, 3.8) is 0 Å². The van der Waals surface area contributed by atoms with Crippen molar-refractivity contribution in [2.24, 2.45) is 5.41 Å². The molecule has 33 heavy (non-hydrogen) atoms. The second-order valence-electron chi connectivity index (χ2n) is 8.90. The highest BCUT2D eigenvalue weighted by Crippen LogP contribution is 2.44. The van der Waals surface area contributed by atoms with E-state index in [0.29, 0.717) is 32.4 Å². The molecule has 2 N–H and O–H groups in total. The van der Waals surface area contributed by atoms with Gasteiger partial charge in [0.2, 0.25) is 5.91 Å². The Labute approximate surface area is 193 Å². The van der Waals surface area contributed by atoms with E-state index in [0.717, 1.165) is 28.7 Å². The standard InChI is InChI=1S/C26H30N2O5/c1-2-11-26(24(30)31)12-14-28(15-13-26)23(29)16-27-25(32)33-17-22-20-9-5-3-7-18(20)19-8-4-6-10-21(19)22/h3-10,22H,2,11-17H2,1H3,(H,27,32)(H,30,31). The lowest BCUT2D eigenvalue weighted by Crippen LogP contribution is -2.49. The minimum atomic E-state index is -0.784. The smallest absolute Gasteiger partial charge is 0.407 e. The molecular formula is C26H30N2O5. The summed E-state index contributed by atoms with van der Waals surface area (Å²) < 4.78 is 5.48. The number of benzene rings is 2. The number of fused-ring (bicyclic) bond motifs is 3. The topological polar surface area (TPSA) is 95.9 Å². The number of nitrogens with one attached hydrogen (secondary N) is 1. The minimum absolute atomic E-state index is 0.0383. The van der Waals surface area contributed by atoms with Crippen LogP contribution in [0.25, 0.3) is 11.1 Å². The van der Waals surface area contributed by atoms with Crippen LogP contribution in [0.3, 0.4) is 0 Å². The van der Waals surface area contributed by atoms with Crippen LogP contribution >= 0.6 is 0 Å². The molecule has 2 aromatic rings. The third-order valence-corrected chi connectivity index (χ3v) is 6.98. The van der Waals surface area contributed by atoms with E-state index in [1.54, 1.807) is 4.90 Å². The maximum atomic E-state index is 12.5. The molecule has 0 saturated carbocycles. The van der Waals surface area contributed by atoms with Crippen LogP contribution < -0.4 is 5.32 Å². The molecular weight excluding hydrogens is 420 g/mol. The van der Waals surface area contributed by atoms with Crippen LogP contribution in [-0.2, 0) is 14.3 Å². The van der Waals surface area contributed by atoms with Gasteiger partial charge in [-0.25, -0.2) is 4.79 Å². The minimum Gasteiger partial charge on any atom is -0.481 e. The van der Waals surface area contributed by atoms with Gasteiger partial charge in [-0.05, 0) is 41.5 Å². The van der Waals surface area contributed by atoms with Gasteiger partial charge in [0.1, 0.15) is 13.2 Å². The summed E-state index contributed by atoms with van der Waals surface area (Å²) in [5, 5.41) is 12.2. The third-order valence-electron chi connectivity index (χ3n) is 6.98. The fraction of sp³-hybridized carbons (Fsp3) is 0.423. The van der Waals surface area contributed by atoms with Crippen LogP contribution in [0.2, 0.25) is 0 Å². The van der Waals surface area contributed by atoms with Crippen molar-refractivity contribution < 1.29 is 24.2 Å². The number of carboxylic acids is 1. The molecule has 2 amide bonds. The monoisotopic (exact) mass is 450 g/mol. The molecule has 1 aliphatic heterocycles. The van der Waals surface area contributed by atoms with Crippen molar-refractivity contribution in [3.8, 4) is 11.1 Å². The molecule has 7 nitrogen and oxygen atoms in total. The molecule has 1 fully saturated rings. The van der Waals surface area contributed by atoms with Gasteiger partial charge in [-0.2, -0.15) is 0 Å². The number of likely N-dealkylation sites (tertiary alicyclic amines) is 1. The second-order valence-corrected chi connectivity index (χ2v) is 8.90. The maximum Gasteiger partial charge on any atom is 0.407 e. The Morgan fingerprint density at radius 1 is 1.03 bits per heavy atom. The number of alkyl carbamates (subject to hydrolysis) is 1. The van der Waals surface area contributed by atoms with E-state index in [1.807, 2.05) is 31.2 Å². The largest absolute Gasteiger partial charge is 0.481 e. The lowest BCUT2D eigenvalue weighted by atomic mass is 9.75. The zero-order valence-corrected chi connectivity index (χ0v) is 18.9. The predicted octanol–water partition coefficient (Wildman–Crippen LogP) is 4.02. The number of hydrogen-bond acceptors (Lipinski definition) is 4. The highest BCUT2D eigenvalue weighted by molar-refractivity contribution is 5.83. The van der Waals surface area contributed by atoms with Gasteiger partial charge >= 0.3 is 12.1 Å². The highest BCUT2D eigenvalue weighted by Gasteiger charge is 2.41. The van der Waals surface area contributed by atoms with Crippen molar-refractivity contribution in [1.82, 2.24) is 10.2 Å². The van der Waals surface area contributed by atoms with E-state index in [1.165, 1.54) is 0 Å². The molecule has 0 radical (unpaired) electrons. The summed E-state index contributed by atoms with van der Waals surface area (Å²) in [6, 6.07) is 16.2. The predicted molar refractivity (Wildman–Crippen MR) is 124 cm³/mol. The Kier molecular flexibility index (Phi) is 6.67. The molecule has 0 bridgehead atoms. The van der Waals surface area contributed by atoms with Crippen LogP contribution in [0.5, 0.6) is 0 Å². The van der Waals surface area contributed by atoms with Crippen LogP contribution in [0.4, 0.5) is 4.79 Å². The lowest BCUT2D eigenvalue weighted by molar-refractivity contribution is -0.154. The van der Waals surface area contributed by atoms with Gasteiger partial charge in [0, 0.05) is 19.0 Å². The average Bonchev–Trinajstić information content (AvgIpc) is 3.15. The molecule has 4 rings (SSSR count). The van der Waals surface area contributed by atoms with E-state index in [9.17, 15) is 19.5 Å². The average molecular weight is 451 g/mol. The number of aliphatic carboxylic acids is 1. The molecule has 1 heterocycles. The van der Waals surface area contributed by atoms with Gasteiger partial charge in [0.15, 0.2) is 0 Å². The first-order valence-corrected chi connectivity index (χ1v) is 11.6. The van der Waals surface area contributed by atoms with Crippen molar-refractivity contribution in [1.29, 1.82) is 0 Å². The molecule has 0 aromatic heterocycles. The molecule has 0 atom stereocenters. The number of carbonyl (C=O) groups is 3. The molecule has 0 unspecified atom stereocenters. The van der Waals surface area contributed by atoms with Crippen molar-refractivity contribution in [2.45, 2.75) is 38.5 Å². The quantitative estimate of drug-likeness (QED) is 0.664. The van der Waals surface area contributed by atoms with Gasteiger partial charge in [-0.3, -0.25) is 9.59 Å². The molecule has 174 valence electrons. The highest BCUT2D eigenvalue weighted by atomic mass is 16.5. The van der Waals surface area contributed by atoms with Crippen molar-refractivity contribution in [2.75, 3.05) is 26.2 Å². The SMILES string of the molecule is CCCC1(C(=O)O)CCN(C(=O)CNC(=O)OCC2c3ccccc3-c3ccccc32)CC1. The Balaban J connectivity index is 1.28. The van der Waals surface area contributed by atoms with E-state index in [2.05, 4.69) is 29.6 Å². The number of rotatable bonds is 7. The molecule has 2 aliphatic rings. The van der Waals surface area contributed by atoms with Crippen molar-refractivity contribution in [3.05, 3.63) is 59.7 Å². The molecule has 0 spiro atoms. The summed E-state index contributed by atoms with van der Waals surface area (Å²) in [7, 11) is 0. The zero-order chi connectivity index (χ0) is 23.4. The van der Waals surface area contributed by atoms with Gasteiger partial charge in [-0.1, -0.05) is 61.9 Å². The normalized spacial score (nSPS) is 16.6.